The normalized spacial score (nSPS) is 12.5. The van der Waals surface area contributed by atoms with E-state index in [9.17, 15) is 0 Å². The molecule has 0 aliphatic carbocycles. The van der Waals surface area contributed by atoms with Crippen molar-refractivity contribution in [2.75, 3.05) is 0 Å². The maximum absolute atomic E-state index is 4.67. The first kappa shape index (κ1) is 16.2. The zero-order valence-electron chi connectivity index (χ0n) is 16.2. The Kier molecular flexibility index (Phi) is 2.91. The number of thiophene rings is 2. The Labute approximate surface area is 183 Å². The Morgan fingerprint density at radius 3 is 2.45 bits per heavy atom. The van der Waals surface area contributed by atoms with Gasteiger partial charge in [0.2, 0.25) is 0 Å². The molecule has 0 bridgehead atoms. The van der Waals surface area contributed by atoms with Gasteiger partial charge in [0.1, 0.15) is 5.65 Å². The Morgan fingerprint density at radius 1 is 0.645 bits per heavy atom. The van der Waals surface area contributed by atoms with Crippen molar-refractivity contribution < 1.29 is 0 Å². The van der Waals surface area contributed by atoms with Crippen LogP contribution in [0.25, 0.3) is 67.7 Å². The van der Waals surface area contributed by atoms with E-state index in [1.165, 1.54) is 51.2 Å². The fourth-order valence-electron chi connectivity index (χ4n) is 4.99. The summed E-state index contributed by atoms with van der Waals surface area (Å²) in [6, 6.07) is 20.1. The van der Waals surface area contributed by atoms with Crippen molar-refractivity contribution in [2.45, 2.75) is 0 Å². The third-order valence-electron chi connectivity index (χ3n) is 6.35. The van der Waals surface area contributed by atoms with Crippen molar-refractivity contribution in [2.24, 2.45) is 0 Å². The highest BCUT2D eigenvalue weighted by Gasteiger charge is 2.16. The first-order valence-corrected chi connectivity index (χ1v) is 11.8. The summed E-state index contributed by atoms with van der Waals surface area (Å²) in [4.78, 5) is 9.07. The minimum absolute atomic E-state index is 0.988. The highest BCUT2D eigenvalue weighted by atomic mass is 32.1. The van der Waals surface area contributed by atoms with Crippen molar-refractivity contribution in [1.29, 1.82) is 0 Å². The largest absolute Gasteiger partial charge is 0.298 e. The van der Waals surface area contributed by atoms with E-state index in [1.807, 2.05) is 41.3 Å². The van der Waals surface area contributed by atoms with Crippen LogP contribution >= 0.6 is 22.7 Å². The van der Waals surface area contributed by atoms with E-state index in [0.717, 1.165) is 16.4 Å². The van der Waals surface area contributed by atoms with Gasteiger partial charge in [0.05, 0.1) is 10.2 Å². The predicted molar refractivity (Wildman–Crippen MR) is 134 cm³/mol. The Bertz CT molecular complexity index is 2010. The number of hydrogen-bond donors (Lipinski definition) is 0. The minimum Gasteiger partial charge on any atom is -0.298 e. The molecule has 0 N–H and O–H groups in total. The molecule has 0 saturated carbocycles. The van der Waals surface area contributed by atoms with Crippen molar-refractivity contribution in [3.8, 4) is 0 Å². The van der Waals surface area contributed by atoms with E-state index >= 15 is 0 Å². The van der Waals surface area contributed by atoms with Crippen molar-refractivity contribution >= 4 is 90.3 Å². The average Bonchev–Trinajstić information content (AvgIpc) is 3.52. The number of aromatic nitrogens is 3. The summed E-state index contributed by atoms with van der Waals surface area (Å²) in [5, 5.41) is 8.86. The lowest BCUT2D eigenvalue weighted by atomic mass is 10.0. The van der Waals surface area contributed by atoms with Crippen LogP contribution < -0.4 is 0 Å². The van der Waals surface area contributed by atoms with Gasteiger partial charge in [-0.15, -0.1) is 22.7 Å². The molecule has 0 aliphatic rings. The summed E-state index contributed by atoms with van der Waals surface area (Å²) >= 11 is 3.76. The average molecular weight is 432 g/mol. The molecule has 0 unspecified atom stereocenters. The molecule has 0 fully saturated rings. The van der Waals surface area contributed by atoms with Gasteiger partial charge in [-0.25, -0.2) is 4.98 Å². The van der Waals surface area contributed by atoms with Crippen LogP contribution in [0.5, 0.6) is 0 Å². The van der Waals surface area contributed by atoms with Crippen molar-refractivity contribution in [3.63, 3.8) is 0 Å². The quantitative estimate of drug-likeness (QED) is 0.230. The highest BCUT2D eigenvalue weighted by molar-refractivity contribution is 7.28. The molecule has 8 rings (SSSR count). The van der Waals surface area contributed by atoms with Gasteiger partial charge in [-0.1, -0.05) is 30.3 Å². The second kappa shape index (κ2) is 5.58. The van der Waals surface area contributed by atoms with Gasteiger partial charge in [-0.2, -0.15) is 0 Å². The zero-order chi connectivity index (χ0) is 20.1. The molecule has 0 amide bonds. The maximum atomic E-state index is 4.67. The molecule has 5 heterocycles. The molecule has 144 valence electrons. The Hall–Kier alpha value is -3.54. The van der Waals surface area contributed by atoms with E-state index in [-0.39, 0.29) is 0 Å². The summed E-state index contributed by atoms with van der Waals surface area (Å²) in [5.41, 5.74) is 2.21. The number of pyridine rings is 2. The van der Waals surface area contributed by atoms with Gasteiger partial charge in [0.15, 0.2) is 0 Å². The first-order chi connectivity index (χ1) is 15.4. The number of imidazole rings is 1. The molecule has 8 aromatic rings. The van der Waals surface area contributed by atoms with Crippen LogP contribution in [0.1, 0.15) is 0 Å². The second-order valence-corrected chi connectivity index (χ2v) is 10.1. The standard InChI is InChI=1S/C26H13N3S2/c1-2-4-21-14(3-1)18-11-23-19(12-22(18)30-21)16-6-5-15-20-13-27-8-7-17(20)26-28-9-10-29(26)24(15)25(16)31-23/h1-13H. The monoisotopic (exact) mass is 431 g/mol. The summed E-state index contributed by atoms with van der Waals surface area (Å²) in [5.74, 6) is 0. The first-order valence-electron chi connectivity index (χ1n) is 10.2. The van der Waals surface area contributed by atoms with E-state index in [2.05, 4.69) is 75.2 Å². The van der Waals surface area contributed by atoms with Gasteiger partial charge in [-0.05, 0) is 24.3 Å². The number of fused-ring (bicyclic) bond motifs is 13. The molecule has 3 nitrogen and oxygen atoms in total. The SMILES string of the molecule is c1ccc2c(c1)sc1cc3c(cc12)sc1c3ccc2c3cnccc3c3nccn3c21. The third-order valence-corrected chi connectivity index (χ3v) is 8.66. The van der Waals surface area contributed by atoms with Crippen LogP contribution in [0.15, 0.2) is 79.4 Å². The molecular formula is C26H13N3S2. The van der Waals surface area contributed by atoms with Crippen LogP contribution in [0.3, 0.4) is 0 Å². The molecule has 5 aromatic heterocycles. The number of nitrogens with zero attached hydrogens (tertiary/aromatic N) is 3. The van der Waals surface area contributed by atoms with Gasteiger partial charge >= 0.3 is 0 Å². The zero-order valence-corrected chi connectivity index (χ0v) is 17.8. The van der Waals surface area contributed by atoms with Gasteiger partial charge in [0.25, 0.3) is 0 Å². The lowest BCUT2D eigenvalue weighted by molar-refractivity contribution is 1.28. The maximum Gasteiger partial charge on any atom is 0.145 e. The topological polar surface area (TPSA) is 30.2 Å². The molecule has 0 radical (unpaired) electrons. The molecule has 0 aliphatic heterocycles. The van der Waals surface area contributed by atoms with Crippen LogP contribution in [0, 0.1) is 0 Å². The van der Waals surface area contributed by atoms with Crippen LogP contribution in [0.4, 0.5) is 0 Å². The minimum atomic E-state index is 0.988. The third kappa shape index (κ3) is 1.98. The summed E-state index contributed by atoms with van der Waals surface area (Å²) in [6.45, 7) is 0. The fourth-order valence-corrected chi connectivity index (χ4v) is 7.38. The highest BCUT2D eigenvalue weighted by Crippen LogP contribution is 2.44. The second-order valence-electron chi connectivity index (χ2n) is 7.93. The van der Waals surface area contributed by atoms with Crippen LogP contribution in [0.2, 0.25) is 0 Å². The van der Waals surface area contributed by atoms with Gasteiger partial charge in [0, 0.05) is 76.6 Å². The lowest BCUT2D eigenvalue weighted by Crippen LogP contribution is -1.91. The molecular weight excluding hydrogens is 418 g/mol. The molecule has 3 aromatic carbocycles. The van der Waals surface area contributed by atoms with E-state index in [1.54, 1.807) is 0 Å². The van der Waals surface area contributed by atoms with Crippen LogP contribution in [-0.2, 0) is 0 Å². The van der Waals surface area contributed by atoms with E-state index < -0.39 is 0 Å². The van der Waals surface area contributed by atoms with E-state index in [0.29, 0.717) is 0 Å². The number of hydrogen-bond acceptors (Lipinski definition) is 4. The Balaban J connectivity index is 1.61. The molecule has 5 heteroatoms. The van der Waals surface area contributed by atoms with Gasteiger partial charge < -0.3 is 0 Å². The Morgan fingerprint density at radius 2 is 1.48 bits per heavy atom. The molecule has 0 atom stereocenters. The molecule has 0 saturated heterocycles. The predicted octanol–water partition coefficient (Wildman–Crippen LogP) is 7.77. The summed E-state index contributed by atoms with van der Waals surface area (Å²) < 4.78 is 7.59. The molecule has 31 heavy (non-hydrogen) atoms. The number of benzene rings is 3. The van der Waals surface area contributed by atoms with Crippen LogP contribution in [-0.4, -0.2) is 14.4 Å². The van der Waals surface area contributed by atoms with Gasteiger partial charge in [-0.3, -0.25) is 9.38 Å². The van der Waals surface area contributed by atoms with Crippen molar-refractivity contribution in [3.05, 3.63) is 79.4 Å². The summed E-state index contributed by atoms with van der Waals surface area (Å²) in [6.07, 6.45) is 7.78. The summed E-state index contributed by atoms with van der Waals surface area (Å²) in [7, 11) is 0. The smallest absolute Gasteiger partial charge is 0.145 e. The fraction of sp³-hybridized carbons (Fsp3) is 0. The molecule has 0 spiro atoms. The lowest BCUT2D eigenvalue weighted by Gasteiger charge is -2.08. The number of rotatable bonds is 0. The van der Waals surface area contributed by atoms with E-state index in [4.69, 9.17) is 0 Å². The van der Waals surface area contributed by atoms with Crippen molar-refractivity contribution in [1.82, 2.24) is 14.4 Å².